The Morgan fingerprint density at radius 3 is 2.35 bits per heavy atom. The first-order valence-corrected chi connectivity index (χ1v) is 5.80. The van der Waals surface area contributed by atoms with Crippen molar-refractivity contribution in [3.05, 3.63) is 52.5 Å². The van der Waals surface area contributed by atoms with Gasteiger partial charge in [0.1, 0.15) is 5.52 Å². The maximum absolute atomic E-state index is 5.90. The molecule has 3 aromatic rings. The number of fused-ring (bicyclic) bond motifs is 1. The van der Waals surface area contributed by atoms with Crippen LogP contribution in [0.3, 0.4) is 0 Å². The Kier molecular flexibility index (Phi) is 2.54. The zero-order valence-corrected chi connectivity index (χ0v) is 10.2. The van der Waals surface area contributed by atoms with Crippen molar-refractivity contribution in [3.63, 3.8) is 0 Å². The smallest absolute Gasteiger partial charge is 0.227 e. The molecular formula is C13H7Cl2NO. The predicted octanol–water partition coefficient (Wildman–Crippen LogP) is 4.80. The fourth-order valence-corrected chi connectivity index (χ4v) is 1.91. The van der Waals surface area contributed by atoms with Gasteiger partial charge < -0.3 is 4.42 Å². The molecule has 4 heteroatoms. The maximum Gasteiger partial charge on any atom is 0.227 e. The molecular weight excluding hydrogens is 257 g/mol. The molecule has 0 spiro atoms. The van der Waals surface area contributed by atoms with Gasteiger partial charge in [-0.25, -0.2) is 4.98 Å². The van der Waals surface area contributed by atoms with Crippen LogP contribution < -0.4 is 0 Å². The zero-order valence-electron chi connectivity index (χ0n) is 8.65. The van der Waals surface area contributed by atoms with E-state index < -0.39 is 0 Å². The van der Waals surface area contributed by atoms with Crippen molar-refractivity contribution in [2.24, 2.45) is 0 Å². The molecule has 1 heterocycles. The second kappa shape index (κ2) is 4.06. The van der Waals surface area contributed by atoms with Crippen LogP contribution in [0, 0.1) is 0 Å². The highest BCUT2D eigenvalue weighted by Crippen LogP contribution is 2.26. The lowest BCUT2D eigenvalue weighted by Gasteiger charge is -1.94. The molecule has 0 aliphatic carbocycles. The van der Waals surface area contributed by atoms with Gasteiger partial charge in [0.2, 0.25) is 5.89 Å². The summed E-state index contributed by atoms with van der Waals surface area (Å²) in [6.45, 7) is 0. The van der Waals surface area contributed by atoms with Gasteiger partial charge in [0.15, 0.2) is 5.58 Å². The number of nitrogens with zero attached hydrogens (tertiary/aromatic N) is 1. The molecule has 0 saturated heterocycles. The average molecular weight is 264 g/mol. The first-order chi connectivity index (χ1) is 8.22. The third kappa shape index (κ3) is 2.02. The molecule has 0 aliphatic heterocycles. The van der Waals surface area contributed by atoms with E-state index >= 15 is 0 Å². The summed E-state index contributed by atoms with van der Waals surface area (Å²) < 4.78 is 5.64. The van der Waals surface area contributed by atoms with Crippen LogP contribution in [0.2, 0.25) is 10.0 Å². The van der Waals surface area contributed by atoms with Gasteiger partial charge in [-0.1, -0.05) is 23.2 Å². The quantitative estimate of drug-likeness (QED) is 0.630. The van der Waals surface area contributed by atoms with Crippen LogP contribution >= 0.6 is 23.2 Å². The molecule has 3 rings (SSSR count). The van der Waals surface area contributed by atoms with E-state index in [1.54, 1.807) is 24.3 Å². The molecule has 0 N–H and O–H groups in total. The van der Waals surface area contributed by atoms with Crippen LogP contribution in [-0.2, 0) is 0 Å². The molecule has 0 atom stereocenters. The lowest BCUT2D eigenvalue weighted by molar-refractivity contribution is 0.620. The van der Waals surface area contributed by atoms with Gasteiger partial charge in [-0.15, -0.1) is 0 Å². The molecule has 0 aliphatic rings. The van der Waals surface area contributed by atoms with Crippen LogP contribution in [0.5, 0.6) is 0 Å². The summed E-state index contributed by atoms with van der Waals surface area (Å²) in [5.41, 5.74) is 2.36. The Morgan fingerprint density at radius 1 is 0.882 bits per heavy atom. The molecule has 0 amide bonds. The number of benzene rings is 2. The summed E-state index contributed by atoms with van der Waals surface area (Å²) in [6.07, 6.45) is 0. The molecule has 2 aromatic carbocycles. The number of halogens is 2. The zero-order chi connectivity index (χ0) is 11.8. The van der Waals surface area contributed by atoms with E-state index in [2.05, 4.69) is 4.98 Å². The Labute approximate surface area is 108 Å². The van der Waals surface area contributed by atoms with Crippen molar-refractivity contribution >= 4 is 34.3 Å². The number of hydrogen-bond donors (Lipinski definition) is 0. The van der Waals surface area contributed by atoms with Crippen LogP contribution in [0.25, 0.3) is 22.6 Å². The molecule has 0 fully saturated rings. The van der Waals surface area contributed by atoms with Crippen molar-refractivity contribution in [1.82, 2.24) is 4.98 Å². The maximum atomic E-state index is 5.90. The Morgan fingerprint density at radius 2 is 1.59 bits per heavy atom. The minimum absolute atomic E-state index is 0.568. The fourth-order valence-electron chi connectivity index (χ4n) is 1.62. The first kappa shape index (κ1) is 10.6. The Hall–Kier alpha value is -1.51. The van der Waals surface area contributed by atoms with Gasteiger partial charge in [-0.2, -0.15) is 0 Å². The molecule has 0 radical (unpaired) electrons. The number of rotatable bonds is 1. The Balaban J connectivity index is 2.14. The average Bonchev–Trinajstić information content (AvgIpc) is 2.72. The molecule has 84 valence electrons. The molecule has 0 bridgehead atoms. The van der Waals surface area contributed by atoms with Crippen molar-refractivity contribution in [3.8, 4) is 11.5 Å². The second-order valence-electron chi connectivity index (χ2n) is 3.64. The lowest BCUT2D eigenvalue weighted by atomic mass is 10.2. The van der Waals surface area contributed by atoms with Gasteiger partial charge in [0.25, 0.3) is 0 Å². The predicted molar refractivity (Wildman–Crippen MR) is 69.5 cm³/mol. The molecule has 1 aromatic heterocycles. The Bertz CT molecular complexity index is 673. The monoisotopic (exact) mass is 263 g/mol. The van der Waals surface area contributed by atoms with Crippen LogP contribution in [0.15, 0.2) is 46.9 Å². The summed E-state index contributed by atoms with van der Waals surface area (Å²) in [5.74, 6) is 0.568. The first-order valence-electron chi connectivity index (χ1n) is 5.04. The highest BCUT2D eigenvalue weighted by atomic mass is 35.5. The third-order valence-corrected chi connectivity index (χ3v) is 2.93. The van der Waals surface area contributed by atoms with Crippen LogP contribution in [0.1, 0.15) is 0 Å². The second-order valence-corrected chi connectivity index (χ2v) is 4.51. The largest absolute Gasteiger partial charge is 0.436 e. The number of aromatic nitrogens is 1. The van der Waals surface area contributed by atoms with E-state index in [9.17, 15) is 0 Å². The summed E-state index contributed by atoms with van der Waals surface area (Å²) in [5, 5.41) is 1.33. The van der Waals surface area contributed by atoms with Crippen molar-refractivity contribution in [1.29, 1.82) is 0 Å². The summed E-state index contributed by atoms with van der Waals surface area (Å²) >= 11 is 11.7. The van der Waals surface area contributed by atoms with Gasteiger partial charge in [0, 0.05) is 15.6 Å². The van der Waals surface area contributed by atoms with Crippen LogP contribution in [-0.4, -0.2) is 4.98 Å². The molecule has 0 saturated carbocycles. The number of oxazole rings is 1. The fraction of sp³-hybridized carbons (Fsp3) is 0. The minimum Gasteiger partial charge on any atom is -0.436 e. The van der Waals surface area contributed by atoms with E-state index in [0.717, 1.165) is 16.7 Å². The van der Waals surface area contributed by atoms with E-state index in [0.29, 0.717) is 15.9 Å². The molecule has 0 unspecified atom stereocenters. The van der Waals surface area contributed by atoms with Crippen molar-refractivity contribution in [2.75, 3.05) is 0 Å². The van der Waals surface area contributed by atoms with Gasteiger partial charge in [-0.3, -0.25) is 0 Å². The van der Waals surface area contributed by atoms with Crippen molar-refractivity contribution in [2.45, 2.75) is 0 Å². The molecule has 2 nitrogen and oxygen atoms in total. The highest BCUT2D eigenvalue weighted by Gasteiger charge is 2.08. The number of hydrogen-bond acceptors (Lipinski definition) is 2. The third-order valence-electron chi connectivity index (χ3n) is 2.44. The van der Waals surface area contributed by atoms with Gasteiger partial charge in [-0.05, 0) is 42.5 Å². The van der Waals surface area contributed by atoms with Crippen LogP contribution in [0.4, 0.5) is 0 Å². The lowest BCUT2D eigenvalue weighted by Crippen LogP contribution is -1.75. The normalized spacial score (nSPS) is 10.9. The van der Waals surface area contributed by atoms with E-state index in [1.807, 2.05) is 18.2 Å². The molecule has 17 heavy (non-hydrogen) atoms. The van der Waals surface area contributed by atoms with Gasteiger partial charge in [0.05, 0.1) is 0 Å². The minimum atomic E-state index is 0.568. The van der Waals surface area contributed by atoms with E-state index in [4.69, 9.17) is 27.6 Å². The summed E-state index contributed by atoms with van der Waals surface area (Å²) in [7, 11) is 0. The summed E-state index contributed by atoms with van der Waals surface area (Å²) in [6, 6.07) is 12.7. The van der Waals surface area contributed by atoms with Crippen molar-refractivity contribution < 1.29 is 4.42 Å². The topological polar surface area (TPSA) is 26.0 Å². The van der Waals surface area contributed by atoms with Gasteiger partial charge >= 0.3 is 0 Å². The van der Waals surface area contributed by atoms with E-state index in [-0.39, 0.29) is 0 Å². The highest BCUT2D eigenvalue weighted by molar-refractivity contribution is 6.31. The van der Waals surface area contributed by atoms with E-state index in [1.165, 1.54) is 0 Å². The standard InChI is InChI=1S/C13H7Cl2NO/c14-9-3-1-8(2-4-9)13-16-11-7-10(15)5-6-12(11)17-13/h1-7H. The SMILES string of the molecule is Clc1ccc(-c2nc3cc(Cl)ccc3o2)cc1. The summed E-state index contributed by atoms with van der Waals surface area (Å²) in [4.78, 5) is 4.38.